The fourth-order valence-corrected chi connectivity index (χ4v) is 4.27. The molecule has 0 heterocycles. The summed E-state index contributed by atoms with van der Waals surface area (Å²) in [7, 11) is -3.07. The molecule has 0 fully saturated rings. The van der Waals surface area contributed by atoms with Gasteiger partial charge < -0.3 is 9.11 Å². The summed E-state index contributed by atoms with van der Waals surface area (Å²) < 4.78 is 21.6. The number of rotatable bonds is 2. The van der Waals surface area contributed by atoms with Crippen molar-refractivity contribution in [1.29, 1.82) is 0 Å². The molecule has 2 aromatic rings. The van der Waals surface area contributed by atoms with Gasteiger partial charge in [0.25, 0.3) is 0 Å². The van der Waals surface area contributed by atoms with Gasteiger partial charge in [-0.3, -0.25) is 0 Å². The molecule has 2 nitrogen and oxygen atoms in total. The van der Waals surface area contributed by atoms with Gasteiger partial charge in [0.15, 0.2) is 0 Å². The predicted molar refractivity (Wildman–Crippen MR) is 124 cm³/mol. The van der Waals surface area contributed by atoms with Crippen LogP contribution in [0.4, 0.5) is 0 Å². The molecule has 0 spiro atoms. The molecular weight excluding hydrogens is 376 g/mol. The van der Waals surface area contributed by atoms with Crippen molar-refractivity contribution in [3.8, 4) is 0 Å². The molecule has 2 aliphatic rings. The third kappa shape index (κ3) is 4.59. The first-order valence-electron chi connectivity index (χ1n) is 9.24. The summed E-state index contributed by atoms with van der Waals surface area (Å²) in [5.41, 5.74) is 3.73. The molecule has 3 heteroatoms. The molecule has 0 bridgehead atoms. The van der Waals surface area contributed by atoms with E-state index in [0.717, 1.165) is 22.3 Å². The molecule has 0 aliphatic heterocycles. The van der Waals surface area contributed by atoms with E-state index in [1.54, 1.807) is 24.3 Å². The molecule has 0 unspecified atom stereocenters. The van der Waals surface area contributed by atoms with Gasteiger partial charge in [0.1, 0.15) is 22.3 Å². The number of benzene rings is 2. The minimum absolute atomic E-state index is 0.486. The molecule has 0 amide bonds. The highest BCUT2D eigenvalue weighted by Crippen LogP contribution is 2.26. The van der Waals surface area contributed by atoms with Crippen LogP contribution in [0.1, 0.15) is 11.1 Å². The molecule has 0 saturated carbocycles. The van der Waals surface area contributed by atoms with Crippen LogP contribution < -0.4 is 0 Å². The molecule has 2 N–H and O–H groups in total. The van der Waals surface area contributed by atoms with E-state index in [4.69, 9.17) is 0 Å². The van der Waals surface area contributed by atoms with Crippen LogP contribution in [0, 0.1) is 12.2 Å². The first kappa shape index (κ1) is 19.0. The van der Waals surface area contributed by atoms with E-state index in [9.17, 15) is 9.11 Å². The maximum Gasteiger partial charge on any atom is 0.122 e. The Morgan fingerprint density at radius 1 is 0.483 bits per heavy atom. The molecule has 2 aliphatic carbocycles. The lowest BCUT2D eigenvalue weighted by atomic mass is 10.1. The summed E-state index contributed by atoms with van der Waals surface area (Å²) in [6, 6.07) is 19.7. The summed E-state index contributed by atoms with van der Waals surface area (Å²) in [6.07, 6.45) is 21.0. The fraction of sp³-hybridized carbons (Fsp3) is 0. The Morgan fingerprint density at radius 3 is 1.17 bits per heavy atom. The van der Waals surface area contributed by atoms with Crippen molar-refractivity contribution >= 4 is 19.5 Å². The maximum absolute atomic E-state index is 10.8. The second-order valence-corrected chi connectivity index (χ2v) is 8.62. The maximum atomic E-state index is 10.8. The molecule has 0 radical (unpaired) electrons. The van der Waals surface area contributed by atoms with Crippen LogP contribution in [0.15, 0.2) is 120 Å². The van der Waals surface area contributed by atoms with Crippen LogP contribution in [0.5, 0.6) is 0 Å². The molecule has 0 aromatic heterocycles. The lowest BCUT2D eigenvalue weighted by Gasteiger charge is -2.12. The van der Waals surface area contributed by atoms with Crippen molar-refractivity contribution in [3.05, 3.63) is 144 Å². The summed E-state index contributed by atoms with van der Waals surface area (Å²) in [5.74, 6) is 0. The zero-order valence-corrected chi connectivity index (χ0v) is 16.5. The smallest absolute Gasteiger partial charge is 0.122 e. The Kier molecular flexibility index (Phi) is 5.50. The molecule has 0 atom stereocenters. The van der Waals surface area contributed by atoms with Gasteiger partial charge in [-0.2, -0.15) is 0 Å². The Morgan fingerprint density at radius 2 is 0.828 bits per heavy atom. The quantitative estimate of drug-likeness (QED) is 0.491. The normalized spacial score (nSPS) is 15.5. The highest BCUT2D eigenvalue weighted by atomic mass is 32.2. The van der Waals surface area contributed by atoms with Gasteiger partial charge >= 0.3 is 0 Å². The molecular formula is C26H20O2S+2. The van der Waals surface area contributed by atoms with Gasteiger partial charge in [0, 0.05) is 70.5 Å². The van der Waals surface area contributed by atoms with Gasteiger partial charge in [-0.15, -0.1) is 0 Å². The third-order valence-electron chi connectivity index (χ3n) is 4.49. The van der Waals surface area contributed by atoms with Crippen molar-refractivity contribution in [3.63, 3.8) is 0 Å². The topological polar surface area (TPSA) is 40.5 Å². The van der Waals surface area contributed by atoms with E-state index in [1.165, 1.54) is 0 Å². The number of hydrogen-bond donors (Lipinski definition) is 2. The SMILES string of the molecule is OS(O)(=C1C=CC(=[C+]c2ccccc2)C=C1)=C1C=CC(=[C+]c2ccccc2)C=C1. The van der Waals surface area contributed by atoms with Crippen LogP contribution in [0.3, 0.4) is 0 Å². The molecule has 29 heavy (non-hydrogen) atoms. The molecule has 0 saturated heterocycles. The first-order valence-corrected chi connectivity index (χ1v) is 10.8. The zero-order valence-electron chi connectivity index (χ0n) is 15.7. The summed E-state index contributed by atoms with van der Waals surface area (Å²) in [6.45, 7) is 0. The zero-order chi connectivity index (χ0) is 20.1. The molecule has 4 rings (SSSR count). The fourth-order valence-electron chi connectivity index (χ4n) is 2.97. The van der Waals surface area contributed by atoms with Gasteiger partial charge in [0.2, 0.25) is 0 Å². The largest absolute Gasteiger partial charge is 0.321 e. The lowest BCUT2D eigenvalue weighted by molar-refractivity contribution is 0.531. The highest BCUT2D eigenvalue weighted by molar-refractivity contribution is 8.22. The lowest BCUT2D eigenvalue weighted by Crippen LogP contribution is -2.05. The predicted octanol–water partition coefficient (Wildman–Crippen LogP) is 5.89. The number of allylic oxidation sites excluding steroid dienone is 10. The van der Waals surface area contributed by atoms with E-state index in [-0.39, 0.29) is 0 Å². The second-order valence-electron chi connectivity index (χ2n) is 6.58. The minimum Gasteiger partial charge on any atom is -0.321 e. The third-order valence-corrected chi connectivity index (χ3v) is 6.35. The van der Waals surface area contributed by atoms with Gasteiger partial charge in [-0.25, -0.2) is 0 Å². The molecule has 140 valence electrons. The van der Waals surface area contributed by atoms with E-state index >= 15 is 0 Å². The minimum atomic E-state index is -3.07. The second kappa shape index (κ2) is 8.38. The Hall–Kier alpha value is -3.29. The van der Waals surface area contributed by atoms with Gasteiger partial charge in [-0.05, 0) is 60.7 Å². The van der Waals surface area contributed by atoms with Crippen LogP contribution in [-0.2, 0) is 0 Å². The number of hydrogen-bond acceptors (Lipinski definition) is 2. The average Bonchev–Trinajstić information content (AvgIpc) is 2.76. The Balaban J connectivity index is 1.62. The van der Waals surface area contributed by atoms with E-state index in [2.05, 4.69) is 12.2 Å². The van der Waals surface area contributed by atoms with E-state index in [0.29, 0.717) is 9.73 Å². The van der Waals surface area contributed by atoms with Crippen molar-refractivity contribution in [2.24, 2.45) is 0 Å². The van der Waals surface area contributed by atoms with Crippen LogP contribution in [0.2, 0.25) is 0 Å². The summed E-state index contributed by atoms with van der Waals surface area (Å²) in [5, 5.41) is 0. The van der Waals surface area contributed by atoms with Crippen molar-refractivity contribution in [1.82, 2.24) is 0 Å². The van der Waals surface area contributed by atoms with Crippen LogP contribution in [-0.4, -0.2) is 18.8 Å². The standard InChI is InChI=1S/C26H20O2S/c27-29(28,25-15-11-23(12-16-25)19-21-7-3-1-4-8-21)26-17-13-24(14-18-26)20-22-9-5-2-6-10-22/h1-18,27-28H/q+2. The highest BCUT2D eigenvalue weighted by Gasteiger charge is 2.14. The van der Waals surface area contributed by atoms with Crippen molar-refractivity contribution in [2.45, 2.75) is 0 Å². The Bertz CT molecular complexity index is 1070. The first-order chi connectivity index (χ1) is 14.1. The summed E-state index contributed by atoms with van der Waals surface area (Å²) in [4.78, 5) is 0.972. The monoisotopic (exact) mass is 396 g/mol. The van der Waals surface area contributed by atoms with Crippen LogP contribution >= 0.6 is 9.77 Å². The molecule has 2 aromatic carbocycles. The Labute approximate surface area is 172 Å². The van der Waals surface area contributed by atoms with Crippen molar-refractivity contribution < 1.29 is 9.11 Å². The van der Waals surface area contributed by atoms with Crippen LogP contribution in [0.25, 0.3) is 0 Å². The average molecular weight is 397 g/mol. The van der Waals surface area contributed by atoms with E-state index < -0.39 is 9.77 Å². The van der Waals surface area contributed by atoms with E-state index in [1.807, 2.05) is 85.0 Å². The van der Waals surface area contributed by atoms with Gasteiger partial charge in [0.05, 0.1) is 9.73 Å². The van der Waals surface area contributed by atoms with Gasteiger partial charge in [-0.1, -0.05) is 0 Å². The van der Waals surface area contributed by atoms with Crippen molar-refractivity contribution in [2.75, 3.05) is 0 Å². The summed E-state index contributed by atoms with van der Waals surface area (Å²) >= 11 is 0.